The van der Waals surface area contributed by atoms with Crippen LogP contribution in [0.5, 0.6) is 23.0 Å². The van der Waals surface area contributed by atoms with E-state index in [1.54, 1.807) is 0 Å². The molecule has 0 atom stereocenters. The van der Waals surface area contributed by atoms with Crippen LogP contribution in [-0.2, 0) is 11.8 Å². The minimum Gasteiger partial charge on any atom is -0.458 e. The molecule has 0 N–H and O–H groups in total. The van der Waals surface area contributed by atoms with Crippen LogP contribution >= 0.6 is 22.6 Å². The number of nitrogens with zero attached hydrogens (tertiary/aromatic N) is 4. The molecule has 0 unspecified atom stereocenters. The summed E-state index contributed by atoms with van der Waals surface area (Å²) < 4.78 is 21.2. The third-order valence-corrected chi connectivity index (χ3v) is 19.7. The Kier molecular flexibility index (Phi) is 11.4. The monoisotopic (exact) mass is 1220 g/mol. The zero-order chi connectivity index (χ0) is 58.0. The number of benzene rings is 11. The molecule has 17 rings (SSSR count). The quantitative estimate of drug-likeness (QED) is 0.118. The Hall–Kier alpha value is -8.92. The van der Waals surface area contributed by atoms with E-state index in [1.165, 1.54) is 97.2 Å². The first-order valence-corrected chi connectivity index (χ1v) is 31.5. The largest absolute Gasteiger partial charge is 0.458 e. The van der Waals surface area contributed by atoms with Crippen molar-refractivity contribution >= 4 is 147 Å². The summed E-state index contributed by atoms with van der Waals surface area (Å²) in [6.07, 6.45) is 3.13. The fraction of sp³-hybridized carbons (Fsp3) is 0.143. The van der Waals surface area contributed by atoms with E-state index in [-0.39, 0.29) is 18.8 Å². The second-order valence-electron chi connectivity index (χ2n) is 25.4. The summed E-state index contributed by atoms with van der Waals surface area (Å²) in [5, 5.41) is 4.89. The van der Waals surface area contributed by atoms with E-state index in [1.807, 2.05) is 0 Å². The number of ether oxygens (including phenoxy) is 2. The summed E-state index contributed by atoms with van der Waals surface area (Å²) in [6.45, 7) is 15.7. The molecule has 11 aromatic carbocycles. The standard InChI is InChI=1S/C77H61B2IN4O2/c1-8-9-21-48-32-45(2)37-70-73(48)79-59-43-58-65(44-69(59)85-71-41-53(42-72(86-70)76(71)79)83-63-30-19-15-26-56(63)57-27-16-20-31-64(57)83)81(50-22-11-10-12-23-50)67-39-52(82-61-28-17-13-24-54(61)55-25-14-18-29-62(55)82)40-68-75(67)78(58)74-60(80)35-47(4)36-66(74)84(68)51-34-46(3)33-49(38-51)77(5,6)7/h10-20,22-44H,8-9,21H2,1-7H3. The fourth-order valence-corrected chi connectivity index (χ4v) is 16.3. The van der Waals surface area contributed by atoms with Crippen molar-refractivity contribution in [2.45, 2.75) is 73.1 Å². The summed E-state index contributed by atoms with van der Waals surface area (Å²) in [4.78, 5) is 5.17. The summed E-state index contributed by atoms with van der Waals surface area (Å²) in [5.74, 6) is 3.44. The van der Waals surface area contributed by atoms with E-state index in [0.29, 0.717) is 0 Å². The minimum absolute atomic E-state index is 0.0830. The van der Waals surface area contributed by atoms with Crippen LogP contribution in [0.4, 0.5) is 34.1 Å². The maximum absolute atomic E-state index is 7.67. The maximum atomic E-state index is 7.67. The van der Waals surface area contributed by atoms with Crippen LogP contribution < -0.4 is 52.1 Å². The molecule has 0 radical (unpaired) electrons. The fourth-order valence-electron chi connectivity index (χ4n) is 15.2. The summed E-state index contributed by atoms with van der Waals surface area (Å²) in [5.41, 5.74) is 27.1. The van der Waals surface area contributed by atoms with Gasteiger partial charge in [-0.15, -0.1) is 0 Å². The highest BCUT2D eigenvalue weighted by Crippen LogP contribution is 2.50. The zero-order valence-electron chi connectivity index (χ0n) is 49.4. The molecule has 0 bridgehead atoms. The van der Waals surface area contributed by atoms with Crippen LogP contribution in [0, 0.1) is 24.3 Å². The second kappa shape index (κ2) is 19.0. The summed E-state index contributed by atoms with van der Waals surface area (Å²) in [6, 6.07) is 77.6. The topological polar surface area (TPSA) is 34.8 Å². The smallest absolute Gasteiger partial charge is 0.261 e. The molecule has 0 amide bonds. The Bertz CT molecular complexity index is 4970. The number of aryl methyl sites for hydroxylation is 4. The number of hydrogen-bond donors (Lipinski definition) is 0. The molecule has 0 spiro atoms. The van der Waals surface area contributed by atoms with Gasteiger partial charge in [-0.05, 0) is 196 Å². The van der Waals surface area contributed by atoms with Crippen molar-refractivity contribution in [1.29, 1.82) is 0 Å². The number of hydrogen-bond acceptors (Lipinski definition) is 4. The van der Waals surface area contributed by atoms with Crippen LogP contribution in [0.2, 0.25) is 0 Å². The molecule has 0 saturated heterocycles. The van der Waals surface area contributed by atoms with Crippen molar-refractivity contribution in [1.82, 2.24) is 9.13 Å². The Morgan fingerprint density at radius 1 is 0.407 bits per heavy atom. The van der Waals surface area contributed by atoms with Gasteiger partial charge in [-0.25, -0.2) is 0 Å². The van der Waals surface area contributed by atoms with Gasteiger partial charge in [0, 0.05) is 82.9 Å². The Balaban J connectivity index is 0.984. The molecule has 4 aliphatic rings. The number of unbranched alkanes of at least 4 members (excludes halogenated alkanes) is 1. The Morgan fingerprint density at radius 3 is 1.50 bits per heavy atom. The number of para-hydroxylation sites is 5. The first kappa shape index (κ1) is 51.5. The van der Waals surface area contributed by atoms with Crippen molar-refractivity contribution in [3.63, 3.8) is 0 Å². The van der Waals surface area contributed by atoms with E-state index in [9.17, 15) is 0 Å². The Morgan fingerprint density at radius 2 is 0.907 bits per heavy atom. The van der Waals surface area contributed by atoms with Gasteiger partial charge in [0.1, 0.15) is 23.0 Å². The molecular weight excluding hydrogens is 1160 g/mol. The first-order chi connectivity index (χ1) is 41.9. The molecule has 9 heteroatoms. The van der Waals surface area contributed by atoms with Gasteiger partial charge in [-0.2, -0.15) is 0 Å². The molecule has 0 fully saturated rings. The predicted octanol–water partition coefficient (Wildman–Crippen LogP) is 16.9. The molecule has 13 aromatic rings. The van der Waals surface area contributed by atoms with Gasteiger partial charge in [0.05, 0.1) is 33.4 Å². The predicted molar refractivity (Wildman–Crippen MR) is 371 cm³/mol. The molecule has 0 aliphatic carbocycles. The van der Waals surface area contributed by atoms with E-state index in [4.69, 9.17) is 9.47 Å². The van der Waals surface area contributed by atoms with Gasteiger partial charge in [0.25, 0.3) is 13.4 Å². The van der Waals surface area contributed by atoms with E-state index >= 15 is 0 Å². The van der Waals surface area contributed by atoms with Crippen molar-refractivity contribution in [3.8, 4) is 34.4 Å². The SMILES string of the molecule is CCCCc1cc(C)cc2c1B1c3cc4c(cc3Oc3cc(-n5c6ccccc6c6ccccc65)cc(c31)O2)N(c1ccccc1)c1cc(-n2c3ccccc3c3ccccc32)cc2c1B4c1c(I)cc(C)cc1N2c1cc(C)cc(C(C)(C)C)c1. The molecule has 2 aromatic heterocycles. The number of fused-ring (bicyclic) bond motifs is 14. The van der Waals surface area contributed by atoms with Gasteiger partial charge < -0.3 is 28.4 Å². The normalized spacial score (nSPS) is 13.6. The van der Waals surface area contributed by atoms with Crippen molar-refractivity contribution in [2.75, 3.05) is 9.80 Å². The van der Waals surface area contributed by atoms with Crippen LogP contribution in [0.15, 0.2) is 206 Å². The third-order valence-electron chi connectivity index (χ3n) is 18.9. The van der Waals surface area contributed by atoms with Crippen molar-refractivity contribution in [3.05, 3.63) is 238 Å². The maximum Gasteiger partial charge on any atom is 0.261 e. The van der Waals surface area contributed by atoms with Crippen molar-refractivity contribution in [2.24, 2.45) is 0 Å². The van der Waals surface area contributed by atoms with E-state index in [2.05, 4.69) is 296 Å². The van der Waals surface area contributed by atoms with Gasteiger partial charge in [0.15, 0.2) is 0 Å². The molecule has 86 heavy (non-hydrogen) atoms. The van der Waals surface area contributed by atoms with Crippen LogP contribution in [0.1, 0.15) is 68.4 Å². The average molecular weight is 1220 g/mol. The lowest BCUT2D eigenvalue weighted by atomic mass is 9.30. The van der Waals surface area contributed by atoms with Crippen LogP contribution in [0.3, 0.4) is 0 Å². The van der Waals surface area contributed by atoms with Crippen LogP contribution in [0.25, 0.3) is 55.0 Å². The minimum atomic E-state index is -0.166. The van der Waals surface area contributed by atoms with Crippen molar-refractivity contribution < 1.29 is 9.47 Å². The van der Waals surface area contributed by atoms with Gasteiger partial charge in [-0.3, -0.25) is 0 Å². The third kappa shape index (κ3) is 7.58. The number of rotatable bonds is 7. The lowest BCUT2D eigenvalue weighted by Crippen LogP contribution is -2.64. The van der Waals surface area contributed by atoms with E-state index < -0.39 is 0 Å². The van der Waals surface area contributed by atoms with Gasteiger partial charge in [-0.1, -0.05) is 143 Å². The molecule has 414 valence electrons. The van der Waals surface area contributed by atoms with Crippen LogP contribution in [-0.4, -0.2) is 22.6 Å². The second-order valence-corrected chi connectivity index (χ2v) is 26.6. The first-order valence-electron chi connectivity index (χ1n) is 30.5. The molecular formula is C77H61B2IN4O2. The highest BCUT2D eigenvalue weighted by molar-refractivity contribution is 14.1. The number of aromatic nitrogens is 2. The number of anilines is 6. The van der Waals surface area contributed by atoms with Gasteiger partial charge >= 0.3 is 0 Å². The molecule has 0 saturated carbocycles. The molecule has 6 nitrogen and oxygen atoms in total. The average Bonchev–Trinajstić information content (AvgIpc) is 0.821. The van der Waals surface area contributed by atoms with Gasteiger partial charge in [0.2, 0.25) is 0 Å². The summed E-state index contributed by atoms with van der Waals surface area (Å²) in [7, 11) is 0. The Labute approximate surface area is 516 Å². The van der Waals surface area contributed by atoms with E-state index in [0.717, 1.165) is 98.3 Å². The lowest BCUT2D eigenvalue weighted by Gasteiger charge is -2.46. The number of halogens is 1. The molecule has 4 aliphatic heterocycles. The zero-order valence-corrected chi connectivity index (χ0v) is 51.5. The lowest BCUT2D eigenvalue weighted by molar-refractivity contribution is 0.463. The molecule has 6 heterocycles. The summed E-state index contributed by atoms with van der Waals surface area (Å²) >= 11 is 2.67. The highest BCUT2D eigenvalue weighted by atomic mass is 127. The highest BCUT2D eigenvalue weighted by Gasteiger charge is 2.49.